The number of thiazole rings is 1. The molecule has 156 valence electrons. The van der Waals surface area contributed by atoms with Crippen molar-refractivity contribution in [3.8, 4) is 6.19 Å². The molecule has 10 heteroatoms. The molecule has 0 aliphatic rings. The number of aromatic nitrogens is 1. The molecule has 3 aromatic rings. The van der Waals surface area contributed by atoms with Crippen molar-refractivity contribution in [2.75, 3.05) is 11.4 Å². The second kappa shape index (κ2) is 8.85. The van der Waals surface area contributed by atoms with Gasteiger partial charge in [-0.25, -0.2) is 4.99 Å². The van der Waals surface area contributed by atoms with E-state index in [-0.39, 0.29) is 17.6 Å². The fourth-order valence-electron chi connectivity index (χ4n) is 2.86. The highest BCUT2D eigenvalue weighted by Crippen LogP contribution is 2.32. The van der Waals surface area contributed by atoms with Gasteiger partial charge in [0.05, 0.1) is 21.5 Å². The molecule has 0 bridgehead atoms. The first-order valence-corrected chi connectivity index (χ1v) is 10.2. The van der Waals surface area contributed by atoms with Gasteiger partial charge in [-0.2, -0.15) is 18.4 Å². The van der Waals surface area contributed by atoms with Gasteiger partial charge in [0.1, 0.15) is 0 Å². The molecule has 0 spiro atoms. The van der Waals surface area contributed by atoms with E-state index in [4.69, 9.17) is 12.2 Å². The first kappa shape index (κ1) is 21.8. The van der Waals surface area contributed by atoms with Crippen molar-refractivity contribution in [3.63, 3.8) is 0 Å². The topological polar surface area (TPSA) is 67.2 Å². The third-order valence-corrected chi connectivity index (χ3v) is 5.29. The lowest BCUT2D eigenvalue weighted by atomic mass is 10.2. The third kappa shape index (κ3) is 5.17. The van der Waals surface area contributed by atoms with E-state index < -0.39 is 11.7 Å². The van der Waals surface area contributed by atoms with E-state index in [1.165, 1.54) is 23.5 Å². The highest BCUT2D eigenvalue weighted by atomic mass is 32.1. The molecule has 0 saturated heterocycles. The number of H-pyrrole nitrogens is 1. The molecule has 30 heavy (non-hydrogen) atoms. The van der Waals surface area contributed by atoms with Crippen molar-refractivity contribution in [2.45, 2.75) is 20.0 Å². The Morgan fingerprint density at radius 2 is 2.07 bits per heavy atom. The second-order valence-electron chi connectivity index (χ2n) is 6.92. The Kier molecular flexibility index (Phi) is 6.43. The maximum Gasteiger partial charge on any atom is 0.416 e. The highest BCUT2D eigenvalue weighted by Gasteiger charge is 2.30. The Morgan fingerprint density at radius 1 is 1.30 bits per heavy atom. The van der Waals surface area contributed by atoms with Gasteiger partial charge in [-0.15, -0.1) is 11.3 Å². The van der Waals surface area contributed by atoms with E-state index in [1.54, 1.807) is 4.90 Å². The lowest BCUT2D eigenvalue weighted by Crippen LogP contribution is -2.41. The molecular weight excluding hydrogens is 431 g/mol. The van der Waals surface area contributed by atoms with Crippen molar-refractivity contribution in [1.82, 2.24) is 10.3 Å². The molecule has 3 rings (SSSR count). The number of aromatic amines is 1. The number of guanidine groups is 1. The minimum absolute atomic E-state index is 0.0923. The fraction of sp³-hybridized carbons (Fsp3) is 0.250. The average Bonchev–Trinajstić information content (AvgIpc) is 3.04. The van der Waals surface area contributed by atoms with Crippen molar-refractivity contribution < 1.29 is 13.2 Å². The number of nitrogens with zero attached hydrogens (tertiary/aromatic N) is 3. The Morgan fingerprint density at radius 3 is 2.73 bits per heavy atom. The standard InChI is InChI=1S/C20H18F3N5S2/c1-12(2)10-28(15-6-7-16-17(9-15)30-19(29)27-16)18(25-11-24)26-14-5-3-4-13(8-14)20(21,22)23/h3-9,12H,10H2,1-2H3,(H,25,26)(H,27,29). The number of nitriles is 1. The molecule has 0 aliphatic carbocycles. The van der Waals surface area contributed by atoms with Crippen LogP contribution in [0.5, 0.6) is 0 Å². The van der Waals surface area contributed by atoms with Crippen LogP contribution in [-0.4, -0.2) is 17.5 Å². The van der Waals surface area contributed by atoms with Gasteiger partial charge < -0.3 is 9.88 Å². The van der Waals surface area contributed by atoms with E-state index in [9.17, 15) is 18.4 Å². The Hall–Kier alpha value is -2.90. The molecule has 0 atom stereocenters. The quantitative estimate of drug-likeness (QED) is 0.164. The summed E-state index contributed by atoms with van der Waals surface area (Å²) < 4.78 is 40.8. The van der Waals surface area contributed by atoms with Gasteiger partial charge in [0.15, 0.2) is 10.1 Å². The summed E-state index contributed by atoms with van der Waals surface area (Å²) in [4.78, 5) is 9.19. The zero-order valence-electron chi connectivity index (χ0n) is 16.1. The van der Waals surface area contributed by atoms with Crippen LogP contribution in [0.3, 0.4) is 0 Å². The molecule has 0 aliphatic heterocycles. The molecule has 0 fully saturated rings. The van der Waals surface area contributed by atoms with Crippen molar-refractivity contribution in [1.29, 1.82) is 5.26 Å². The zero-order valence-corrected chi connectivity index (χ0v) is 17.8. The summed E-state index contributed by atoms with van der Waals surface area (Å²) in [6, 6.07) is 10.3. The average molecular weight is 450 g/mol. The minimum atomic E-state index is -4.48. The van der Waals surface area contributed by atoms with Crippen LogP contribution in [0.2, 0.25) is 0 Å². The van der Waals surface area contributed by atoms with Crippen LogP contribution >= 0.6 is 23.6 Å². The lowest BCUT2D eigenvalue weighted by Gasteiger charge is -2.27. The molecule has 1 heterocycles. The zero-order chi connectivity index (χ0) is 21.9. The van der Waals surface area contributed by atoms with Crippen LogP contribution in [0, 0.1) is 21.3 Å². The second-order valence-corrected chi connectivity index (χ2v) is 8.64. The van der Waals surface area contributed by atoms with Crippen molar-refractivity contribution in [3.05, 3.63) is 52.0 Å². The lowest BCUT2D eigenvalue weighted by molar-refractivity contribution is -0.137. The summed E-state index contributed by atoms with van der Waals surface area (Å²) in [7, 11) is 0. The summed E-state index contributed by atoms with van der Waals surface area (Å²) in [5.41, 5.74) is 0.927. The number of hydrogen-bond acceptors (Lipinski definition) is 4. The molecular formula is C20H18F3N5S2. The molecule has 0 unspecified atom stereocenters. The normalized spacial score (nSPS) is 12.2. The molecule has 1 aromatic heterocycles. The number of hydrogen-bond donors (Lipinski definition) is 2. The van der Waals surface area contributed by atoms with Crippen LogP contribution in [0.25, 0.3) is 10.2 Å². The van der Waals surface area contributed by atoms with E-state index in [2.05, 4.69) is 15.3 Å². The van der Waals surface area contributed by atoms with Crippen LogP contribution in [-0.2, 0) is 6.18 Å². The summed E-state index contributed by atoms with van der Waals surface area (Å²) in [5.74, 6) is 0.335. The first-order valence-electron chi connectivity index (χ1n) is 8.99. The van der Waals surface area contributed by atoms with Crippen LogP contribution in [0.4, 0.5) is 24.5 Å². The number of rotatable bonds is 4. The van der Waals surface area contributed by atoms with E-state index >= 15 is 0 Å². The van der Waals surface area contributed by atoms with E-state index in [0.29, 0.717) is 10.5 Å². The molecule has 0 radical (unpaired) electrons. The molecule has 5 nitrogen and oxygen atoms in total. The molecule has 2 N–H and O–H groups in total. The Balaban J connectivity index is 2.09. The predicted molar refractivity (Wildman–Crippen MR) is 116 cm³/mol. The number of benzene rings is 2. The Bertz CT molecular complexity index is 1170. The maximum absolute atomic E-state index is 13.1. The number of alkyl halides is 3. The Labute approximate surface area is 180 Å². The van der Waals surface area contributed by atoms with Crippen LogP contribution in [0.15, 0.2) is 47.5 Å². The van der Waals surface area contributed by atoms with Crippen LogP contribution in [0.1, 0.15) is 19.4 Å². The van der Waals surface area contributed by atoms with Gasteiger partial charge in [0.2, 0.25) is 5.96 Å². The number of aliphatic imine (C=N–C) groups is 1. The maximum atomic E-state index is 13.1. The molecule has 0 saturated carbocycles. The highest BCUT2D eigenvalue weighted by molar-refractivity contribution is 7.73. The monoisotopic (exact) mass is 449 g/mol. The van der Waals surface area contributed by atoms with Crippen molar-refractivity contribution in [2.24, 2.45) is 10.9 Å². The number of anilines is 1. The first-order chi connectivity index (χ1) is 14.2. The summed E-state index contributed by atoms with van der Waals surface area (Å²) in [6.45, 7) is 4.49. The third-order valence-electron chi connectivity index (χ3n) is 4.10. The largest absolute Gasteiger partial charge is 0.416 e. The number of fused-ring (bicyclic) bond motifs is 1. The fourth-order valence-corrected chi connectivity index (χ4v) is 4.01. The SMILES string of the molecule is CC(C)CN(C(=Nc1cccc(C(F)(F)F)c1)NC#N)c1ccc2[nH]c(=S)sc2c1. The van der Waals surface area contributed by atoms with Gasteiger partial charge in [0, 0.05) is 12.2 Å². The van der Waals surface area contributed by atoms with Gasteiger partial charge >= 0.3 is 6.18 Å². The predicted octanol–water partition coefficient (Wildman–Crippen LogP) is 6.20. The van der Waals surface area contributed by atoms with Gasteiger partial charge in [-0.3, -0.25) is 5.32 Å². The molecule has 0 amide bonds. The smallest absolute Gasteiger partial charge is 0.337 e. The molecule has 2 aromatic carbocycles. The number of halogens is 3. The van der Waals surface area contributed by atoms with Gasteiger partial charge in [-0.1, -0.05) is 19.9 Å². The summed E-state index contributed by atoms with van der Waals surface area (Å²) in [5, 5.41) is 11.8. The summed E-state index contributed by atoms with van der Waals surface area (Å²) in [6.07, 6.45) is -2.64. The van der Waals surface area contributed by atoms with Crippen molar-refractivity contribution >= 4 is 51.1 Å². The summed E-state index contributed by atoms with van der Waals surface area (Å²) >= 11 is 6.61. The van der Waals surface area contributed by atoms with Gasteiger partial charge in [-0.05, 0) is 54.5 Å². The minimum Gasteiger partial charge on any atom is -0.337 e. The van der Waals surface area contributed by atoms with E-state index in [1.807, 2.05) is 38.2 Å². The number of nitrogens with one attached hydrogen (secondary N) is 2. The van der Waals surface area contributed by atoms with Gasteiger partial charge in [0.25, 0.3) is 0 Å². The van der Waals surface area contributed by atoms with Crippen LogP contribution < -0.4 is 10.2 Å². The van der Waals surface area contributed by atoms with E-state index in [0.717, 1.165) is 28.0 Å².